The Morgan fingerprint density at radius 2 is 0.571 bits per heavy atom. The van der Waals surface area contributed by atoms with Crippen molar-refractivity contribution in [3.8, 4) is 50.4 Å². The zero-order valence-electron chi connectivity index (χ0n) is 66.9. The predicted octanol–water partition coefficient (Wildman–Crippen LogP) is 26.6. The molecule has 0 radical (unpaired) electrons. The molecule has 5 nitrogen and oxygen atoms in total. The van der Waals surface area contributed by atoms with Gasteiger partial charge in [0.1, 0.15) is 0 Å². The molecule has 0 amide bonds. The van der Waals surface area contributed by atoms with E-state index in [-0.39, 0.29) is 39.2 Å². The van der Waals surface area contributed by atoms with Gasteiger partial charge in [0.05, 0.1) is 38.8 Å². The topological polar surface area (TPSA) is 21.3 Å². The largest absolute Gasteiger partial charge is 0.311 e. The van der Waals surface area contributed by atoms with Crippen LogP contribution in [0.5, 0.6) is 0 Å². The van der Waals surface area contributed by atoms with Crippen LogP contribution in [0, 0.1) is 0 Å². The van der Waals surface area contributed by atoms with E-state index in [9.17, 15) is 0 Å². The first-order valence-electron chi connectivity index (χ1n) is 40.5. The monoisotopic (exact) mass is 1450 g/mol. The number of para-hydroxylation sites is 3. The van der Waals surface area contributed by atoms with Crippen LogP contribution < -0.4 is 26.2 Å². The molecule has 6 heteroatoms. The van der Waals surface area contributed by atoms with Crippen LogP contribution >= 0.6 is 0 Å². The summed E-state index contributed by atoms with van der Waals surface area (Å²) in [5.41, 5.74) is 36.9. The van der Waals surface area contributed by atoms with Gasteiger partial charge in [0.2, 0.25) is 0 Å². The van der Waals surface area contributed by atoms with Gasteiger partial charge in [0.15, 0.2) is 0 Å². The molecule has 2 aliphatic heterocycles. The molecule has 5 heterocycles. The molecule has 0 unspecified atom stereocenters. The van der Waals surface area contributed by atoms with E-state index < -0.39 is 0 Å². The molecule has 0 saturated heterocycles. The smallest absolute Gasteiger partial charge is 0.252 e. The van der Waals surface area contributed by atoms with E-state index in [0.29, 0.717) is 0 Å². The molecule has 17 aromatic rings. The predicted molar refractivity (Wildman–Crippen MR) is 479 cm³/mol. The zero-order chi connectivity index (χ0) is 76.6. The van der Waals surface area contributed by atoms with Crippen LogP contribution in [0.25, 0.3) is 116 Å². The lowest BCUT2D eigenvalue weighted by atomic mass is 9.33. The Hall–Kier alpha value is -11.9. The number of hydrogen-bond acceptors (Lipinski definition) is 2. The average molecular weight is 1450 g/mol. The summed E-state index contributed by atoms with van der Waals surface area (Å²) in [6.45, 7) is 33.1. The van der Waals surface area contributed by atoms with E-state index in [4.69, 9.17) is 0 Å². The van der Waals surface area contributed by atoms with Gasteiger partial charge in [-0.15, -0.1) is 0 Å². The van der Waals surface area contributed by atoms with Gasteiger partial charge in [-0.25, -0.2) is 0 Å². The normalized spacial score (nSPS) is 15.8. The molecule has 3 aromatic heterocycles. The SMILES string of the molecule is CC(C)(C)c1ccc2c(c1)c1ccccc1n2-c1ccc2c(c1)N(c1ccc(-c3ccc4c(c3)C(C)(C)CC4(C)C)cc1)c1cc(-n3c4ccccc4c4cc(-c5ccccc5)ccc43)cc3c1B2c1ccc(-n2c4ccccc4c4cc(C(C)(C)C)ccc42)cc1N3c1ccc(-c2ccc3c(c2)C(C)(C)CC3(C)C)cc1. The highest BCUT2D eigenvalue weighted by Gasteiger charge is 2.47. The summed E-state index contributed by atoms with van der Waals surface area (Å²) in [6.07, 6.45) is 2.24. The van der Waals surface area contributed by atoms with Gasteiger partial charge >= 0.3 is 0 Å². The minimum absolute atomic E-state index is 0.0317. The second-order valence-corrected chi connectivity index (χ2v) is 37.6. The van der Waals surface area contributed by atoms with Crippen molar-refractivity contribution < 1.29 is 0 Å². The highest BCUT2D eigenvalue weighted by atomic mass is 15.2. The number of rotatable bonds is 8. The average Bonchev–Trinajstić information content (AvgIpc) is 0.750. The fourth-order valence-electron chi connectivity index (χ4n) is 21.4. The van der Waals surface area contributed by atoms with E-state index in [1.54, 1.807) is 0 Å². The number of nitrogens with zero attached hydrogens (tertiary/aromatic N) is 5. The first-order valence-corrected chi connectivity index (χ1v) is 40.5. The minimum atomic E-state index is -0.206. The van der Waals surface area contributed by atoms with Gasteiger partial charge in [-0.1, -0.05) is 273 Å². The van der Waals surface area contributed by atoms with Gasteiger partial charge in [0.25, 0.3) is 6.71 Å². The molecule has 0 saturated carbocycles. The van der Waals surface area contributed by atoms with Crippen LogP contribution in [0.1, 0.15) is 143 Å². The first-order chi connectivity index (χ1) is 53.7. The standard InChI is InChI=1S/C106H94BN5/c1-101(2,3)71-39-52-94-82(57-71)79-27-19-21-29-90(79)110(94)75-45-49-88-96(59-75)108(73-41-32-66(33-42-73)69-36-47-84-86(55-69)105(11,12)63-103(84,7)8)98-61-77(112-92-31-23-18-26-78(92)81-54-68(38-51-93(81)112)65-24-16-15-17-25-65)62-99-100(98)107(88)89-50-46-76(111-91-30-22-20-28-80(91)83-58-72(102(4,5)6)40-53-95(83)111)60-97(89)109(99)74-43-34-67(35-44-74)70-37-48-85-87(56-70)106(13,14)64-104(85,9)10/h15-62H,63-64H2,1-14H3. The van der Waals surface area contributed by atoms with Crippen LogP contribution in [-0.4, -0.2) is 20.4 Å². The maximum absolute atomic E-state index is 2.64. The third-order valence-corrected chi connectivity index (χ3v) is 26.3. The van der Waals surface area contributed by atoms with E-state index in [2.05, 4.69) is 412 Å². The third-order valence-electron chi connectivity index (χ3n) is 26.3. The third kappa shape index (κ3) is 10.3. The lowest BCUT2D eigenvalue weighted by Crippen LogP contribution is -2.61. The van der Waals surface area contributed by atoms with Gasteiger partial charge in [-0.2, -0.15) is 0 Å². The number of fused-ring (bicyclic) bond motifs is 15. The van der Waals surface area contributed by atoms with E-state index in [0.717, 1.165) is 75.1 Å². The molecule has 0 bridgehead atoms. The summed E-state index contributed by atoms with van der Waals surface area (Å²) >= 11 is 0. The molecular formula is C106H94BN5. The summed E-state index contributed by atoms with van der Waals surface area (Å²) in [5, 5.41) is 7.44. The summed E-state index contributed by atoms with van der Waals surface area (Å²) in [4.78, 5) is 5.29. The second-order valence-electron chi connectivity index (χ2n) is 37.6. The van der Waals surface area contributed by atoms with Gasteiger partial charge in [0, 0.05) is 77.8 Å². The number of benzene rings is 14. The van der Waals surface area contributed by atoms with Crippen LogP contribution in [0.15, 0.2) is 291 Å². The molecule has 0 atom stereocenters. The minimum Gasteiger partial charge on any atom is -0.311 e. The zero-order valence-corrected chi connectivity index (χ0v) is 66.9. The highest BCUT2D eigenvalue weighted by Crippen LogP contribution is 2.54. The summed E-state index contributed by atoms with van der Waals surface area (Å²) in [6, 6.07) is 113. The number of hydrogen-bond donors (Lipinski definition) is 0. The second kappa shape index (κ2) is 23.8. The van der Waals surface area contributed by atoms with Crippen LogP contribution in [-0.2, 0) is 32.5 Å². The van der Waals surface area contributed by atoms with Crippen molar-refractivity contribution >= 4 is 123 Å². The molecule has 14 aromatic carbocycles. The molecule has 0 N–H and O–H groups in total. The molecule has 546 valence electrons. The summed E-state index contributed by atoms with van der Waals surface area (Å²) < 4.78 is 7.62. The number of anilines is 6. The lowest BCUT2D eigenvalue weighted by Gasteiger charge is -2.44. The van der Waals surface area contributed by atoms with Crippen LogP contribution in [0.3, 0.4) is 0 Å². The van der Waals surface area contributed by atoms with Crippen molar-refractivity contribution in [2.24, 2.45) is 0 Å². The maximum Gasteiger partial charge on any atom is 0.252 e. The quantitative estimate of drug-likeness (QED) is 0.141. The summed E-state index contributed by atoms with van der Waals surface area (Å²) in [5.74, 6) is 0. The van der Waals surface area contributed by atoms with Crippen LogP contribution in [0.4, 0.5) is 34.1 Å². The fraction of sp³-hybridized carbons (Fsp3) is 0.208. The molecule has 4 aliphatic rings. The van der Waals surface area contributed by atoms with Crippen LogP contribution in [0.2, 0.25) is 0 Å². The van der Waals surface area contributed by atoms with Crippen molar-refractivity contribution in [3.63, 3.8) is 0 Å². The van der Waals surface area contributed by atoms with Crippen molar-refractivity contribution in [2.75, 3.05) is 9.80 Å². The molecule has 2 aliphatic carbocycles. The van der Waals surface area contributed by atoms with Gasteiger partial charge in [-0.3, -0.25) is 0 Å². The highest BCUT2D eigenvalue weighted by molar-refractivity contribution is 7.00. The van der Waals surface area contributed by atoms with Crippen molar-refractivity contribution in [1.29, 1.82) is 0 Å². The van der Waals surface area contributed by atoms with Crippen molar-refractivity contribution in [3.05, 3.63) is 325 Å². The van der Waals surface area contributed by atoms with Crippen molar-refractivity contribution in [2.45, 2.75) is 142 Å². The molecule has 0 spiro atoms. The Morgan fingerprint density at radius 1 is 0.250 bits per heavy atom. The number of aromatic nitrogens is 3. The van der Waals surface area contributed by atoms with Gasteiger partial charge in [-0.05, 0) is 244 Å². The van der Waals surface area contributed by atoms with E-state index in [1.807, 2.05) is 0 Å². The Kier molecular flexibility index (Phi) is 14.5. The first kappa shape index (κ1) is 68.2. The van der Waals surface area contributed by atoms with E-state index >= 15 is 0 Å². The Balaban J connectivity index is 0.859. The van der Waals surface area contributed by atoms with Gasteiger partial charge < -0.3 is 23.5 Å². The maximum atomic E-state index is 2.64. The Labute approximate surface area is 659 Å². The molecule has 21 rings (SSSR count). The molecular weight excluding hydrogens is 1350 g/mol. The summed E-state index contributed by atoms with van der Waals surface area (Å²) in [7, 11) is 0. The lowest BCUT2D eigenvalue weighted by molar-refractivity contribution is 0.402. The van der Waals surface area contributed by atoms with Crippen molar-refractivity contribution in [1.82, 2.24) is 13.7 Å². The van der Waals surface area contributed by atoms with E-state index in [1.165, 1.54) is 138 Å². The molecule has 0 fully saturated rings. The Morgan fingerprint density at radius 3 is 1.00 bits per heavy atom. The Bertz CT molecular complexity index is 6500. The molecule has 112 heavy (non-hydrogen) atoms. The fourth-order valence-corrected chi connectivity index (χ4v) is 21.4.